The molecule has 0 heterocycles. The van der Waals surface area contributed by atoms with Gasteiger partial charge in [0.25, 0.3) is 0 Å². The third-order valence-electron chi connectivity index (χ3n) is 0. The summed E-state index contributed by atoms with van der Waals surface area (Å²) in [4.78, 5) is 0. The Morgan fingerprint density at radius 2 is 0.182 bits per heavy atom. The van der Waals surface area contributed by atoms with Crippen LogP contribution in [0.15, 0.2) is 0 Å². The zero-order chi connectivity index (χ0) is 0. The van der Waals surface area contributed by atoms with Crippen molar-refractivity contribution in [3.63, 3.8) is 0 Å². The Kier molecular flexibility index (Phi) is 1750. The minimum Gasteiger partial charge on any atom is -0.197 e. The van der Waals surface area contributed by atoms with E-state index < -0.39 is 0 Å². The molecule has 0 saturated carbocycles. The van der Waals surface area contributed by atoms with Gasteiger partial charge in [-0.05, 0) is 0 Å². The Hall–Kier alpha value is 4.70. The van der Waals surface area contributed by atoms with E-state index in [0.29, 0.717) is 0 Å². The van der Waals surface area contributed by atoms with E-state index in [1.807, 2.05) is 0 Å². The van der Waals surface area contributed by atoms with Gasteiger partial charge in [0.05, 0.1) is 0 Å². The van der Waals surface area contributed by atoms with Gasteiger partial charge in [0.15, 0.2) is 0 Å². The van der Waals surface area contributed by atoms with Gasteiger partial charge < -0.3 is 0 Å². The van der Waals surface area contributed by atoms with Crippen LogP contribution in [0, 0.1) is 0 Å². The molecule has 0 aromatic rings. The van der Waals surface area contributed by atoms with E-state index in [9.17, 15) is 0 Å². The zero-order valence-corrected chi connectivity index (χ0v) is 15.2. The first kappa shape index (κ1) is 154. The maximum absolute atomic E-state index is 0. The molecular formula is H12Cu5S6. The second kappa shape index (κ2) is 125. The monoisotopic (exact) mass is 519 g/mol. The summed E-state index contributed by atoms with van der Waals surface area (Å²) in [6.07, 6.45) is 0. The fourth-order valence-corrected chi connectivity index (χ4v) is 0. The molecule has 0 aliphatic carbocycles. The average Bonchev–Trinajstić information content (AvgIpc) is 0. The first-order chi connectivity index (χ1) is 0. The zero-order valence-electron chi connectivity index (χ0n) is 4.51. The van der Waals surface area contributed by atoms with E-state index in [2.05, 4.69) is 0 Å². The summed E-state index contributed by atoms with van der Waals surface area (Å²) in [5.74, 6) is 0. The second-order valence-corrected chi connectivity index (χ2v) is 0. The van der Waals surface area contributed by atoms with E-state index in [1.165, 1.54) is 0 Å². The van der Waals surface area contributed by atoms with Gasteiger partial charge in [-0.15, -0.1) is 0 Å². The van der Waals surface area contributed by atoms with Crippen LogP contribution >= 0.6 is 81.0 Å². The first-order valence-corrected chi connectivity index (χ1v) is 0. The predicted octanol–water partition coefficient (Wildman–Crippen LogP) is 0.664. The maximum atomic E-state index is 0. The van der Waals surface area contributed by atoms with Crippen LogP contribution in [-0.4, -0.2) is 0 Å². The van der Waals surface area contributed by atoms with Gasteiger partial charge in [-0.1, -0.05) is 0 Å². The molecule has 0 N–H and O–H groups in total. The van der Waals surface area contributed by atoms with Crippen LogP contribution in [0.2, 0.25) is 0 Å². The van der Waals surface area contributed by atoms with Crippen LogP contribution in [0.5, 0.6) is 0 Å². The van der Waals surface area contributed by atoms with Crippen molar-refractivity contribution < 1.29 is 85.3 Å². The average molecular weight is 522 g/mol. The summed E-state index contributed by atoms with van der Waals surface area (Å²) < 4.78 is 0. The molecule has 0 bridgehead atoms. The molecule has 0 aliphatic heterocycles. The van der Waals surface area contributed by atoms with Gasteiger partial charge in [-0.3, -0.25) is 0 Å². The summed E-state index contributed by atoms with van der Waals surface area (Å²) in [5, 5.41) is 0. The number of rotatable bonds is 0. The molecule has 11 heteroatoms. The van der Waals surface area contributed by atoms with Crippen molar-refractivity contribution in [1.82, 2.24) is 0 Å². The molecule has 103 valence electrons. The molecule has 0 atom stereocenters. The van der Waals surface area contributed by atoms with Crippen molar-refractivity contribution in [2.45, 2.75) is 0 Å². The molecule has 0 nitrogen and oxygen atoms in total. The molecule has 0 aromatic heterocycles. The molecular weight excluding hydrogens is 510 g/mol. The van der Waals surface area contributed by atoms with Crippen LogP contribution < -0.4 is 0 Å². The minimum atomic E-state index is 0. The Bertz CT molecular complexity index is 10.9. The Labute approximate surface area is 164 Å². The summed E-state index contributed by atoms with van der Waals surface area (Å²) in [6, 6.07) is 0. The van der Waals surface area contributed by atoms with Crippen molar-refractivity contribution in [3.8, 4) is 0 Å². The Morgan fingerprint density at radius 1 is 0.182 bits per heavy atom. The van der Waals surface area contributed by atoms with E-state index >= 15 is 0 Å². The predicted molar refractivity (Wildman–Crippen MR) is 62.3 cm³/mol. The molecule has 0 aromatic carbocycles. The normalized spacial score (nSPS) is 0. The summed E-state index contributed by atoms with van der Waals surface area (Å²) in [7, 11) is 0. The quantitative estimate of drug-likeness (QED) is 0.411. The molecule has 5 radical (unpaired) electrons. The standard InChI is InChI=1S/5Cu.6H2S/h;;;;;6*1H2. The largest absolute Gasteiger partial charge is 0.197 e. The van der Waals surface area contributed by atoms with Gasteiger partial charge in [-0.2, -0.15) is 81.0 Å². The maximum Gasteiger partial charge on any atom is 0 e. The van der Waals surface area contributed by atoms with Crippen LogP contribution in [0.25, 0.3) is 0 Å². The van der Waals surface area contributed by atoms with Crippen molar-refractivity contribution in [3.05, 3.63) is 0 Å². The van der Waals surface area contributed by atoms with Gasteiger partial charge >= 0.3 is 0 Å². The van der Waals surface area contributed by atoms with Gasteiger partial charge in [0.2, 0.25) is 0 Å². The van der Waals surface area contributed by atoms with Crippen molar-refractivity contribution in [2.75, 3.05) is 0 Å². The van der Waals surface area contributed by atoms with Gasteiger partial charge in [-0.25, -0.2) is 0 Å². The molecule has 0 amide bonds. The third-order valence-corrected chi connectivity index (χ3v) is 0. The minimum absolute atomic E-state index is 0. The number of hydrogen-bond acceptors (Lipinski definition) is 0. The third kappa shape index (κ3) is 107. The molecule has 0 saturated heterocycles. The number of hydrogen-bond donors (Lipinski definition) is 0. The fourth-order valence-electron chi connectivity index (χ4n) is 0. The van der Waals surface area contributed by atoms with Crippen LogP contribution in [0.3, 0.4) is 0 Å². The van der Waals surface area contributed by atoms with E-state index in [1.54, 1.807) is 0 Å². The topological polar surface area (TPSA) is 0 Å². The van der Waals surface area contributed by atoms with Crippen molar-refractivity contribution in [2.24, 2.45) is 0 Å². The molecule has 0 rings (SSSR count). The second-order valence-electron chi connectivity index (χ2n) is 0. The smallest absolute Gasteiger partial charge is 0 e. The van der Waals surface area contributed by atoms with Crippen molar-refractivity contribution >= 4 is 81.0 Å². The summed E-state index contributed by atoms with van der Waals surface area (Å²) in [6.45, 7) is 0. The van der Waals surface area contributed by atoms with E-state index in [-0.39, 0.29) is 166 Å². The SMILES string of the molecule is S.S.S.S.S.S.[Cu].[Cu].[Cu].[Cu].[Cu]. The fraction of sp³-hybridized carbons (Fsp3) is 0. The summed E-state index contributed by atoms with van der Waals surface area (Å²) in [5.41, 5.74) is 0. The Balaban J connectivity index is 0. The first-order valence-electron chi connectivity index (χ1n) is 0. The van der Waals surface area contributed by atoms with Crippen molar-refractivity contribution in [1.29, 1.82) is 0 Å². The molecule has 0 spiro atoms. The molecule has 0 fully saturated rings. The van der Waals surface area contributed by atoms with Crippen LogP contribution in [0.1, 0.15) is 0 Å². The molecule has 0 aliphatic rings. The summed E-state index contributed by atoms with van der Waals surface area (Å²) >= 11 is 0. The van der Waals surface area contributed by atoms with E-state index in [0.717, 1.165) is 0 Å². The van der Waals surface area contributed by atoms with E-state index in [4.69, 9.17) is 0 Å². The van der Waals surface area contributed by atoms with Gasteiger partial charge in [0.1, 0.15) is 0 Å². The Morgan fingerprint density at radius 3 is 0.182 bits per heavy atom. The molecule has 0 unspecified atom stereocenters. The van der Waals surface area contributed by atoms with Crippen LogP contribution in [0.4, 0.5) is 0 Å². The van der Waals surface area contributed by atoms with Crippen LogP contribution in [-0.2, 0) is 85.3 Å². The van der Waals surface area contributed by atoms with Gasteiger partial charge in [0, 0.05) is 85.3 Å². The molecule has 11 heavy (non-hydrogen) atoms.